The summed E-state index contributed by atoms with van der Waals surface area (Å²) in [5, 5.41) is 2.34. The van der Waals surface area contributed by atoms with Gasteiger partial charge in [-0.25, -0.2) is 4.98 Å². The molecular weight excluding hydrogens is 258 g/mol. The molecule has 0 fully saturated rings. The number of benzene rings is 1. The molecule has 0 aliphatic heterocycles. The van der Waals surface area contributed by atoms with E-state index in [9.17, 15) is 0 Å². The fraction of sp³-hybridized carbons (Fsp3) is 0.400. The van der Waals surface area contributed by atoms with Gasteiger partial charge >= 0.3 is 0 Å². The number of para-hydroxylation sites is 1. The topological polar surface area (TPSA) is 12.9 Å². The first-order chi connectivity index (χ1) is 8.85. The summed E-state index contributed by atoms with van der Waals surface area (Å²) in [6.45, 7) is 8.00. The molecule has 0 atom stereocenters. The van der Waals surface area contributed by atoms with Gasteiger partial charge < -0.3 is 0 Å². The van der Waals surface area contributed by atoms with Crippen molar-refractivity contribution < 1.29 is 0 Å². The van der Waals surface area contributed by atoms with Crippen molar-refractivity contribution in [2.75, 3.05) is 12.5 Å². The molecule has 0 saturated heterocycles. The van der Waals surface area contributed by atoms with E-state index in [0.29, 0.717) is 0 Å². The summed E-state index contributed by atoms with van der Waals surface area (Å²) in [5.41, 5.74) is 1.08. The van der Waals surface area contributed by atoms with E-state index < -0.39 is 0 Å². The molecule has 0 aliphatic rings. The molecule has 2 rings (SSSR count). The first-order valence-corrected chi connectivity index (χ1v) is 8.78. The summed E-state index contributed by atoms with van der Waals surface area (Å²) in [7, 11) is 0. The Kier molecular flexibility index (Phi) is 9.89. The Morgan fingerprint density at radius 3 is 2.06 bits per heavy atom. The van der Waals surface area contributed by atoms with Gasteiger partial charge in [-0.15, -0.1) is 23.5 Å². The first-order valence-electron chi connectivity index (χ1n) is 6.33. The number of fused-ring (bicyclic) bond motifs is 1. The molecule has 1 aromatic carbocycles. The lowest BCUT2D eigenvalue weighted by molar-refractivity contribution is 1.08. The van der Waals surface area contributed by atoms with Crippen LogP contribution in [0.5, 0.6) is 0 Å². The first kappa shape index (κ1) is 17.3. The van der Waals surface area contributed by atoms with Crippen LogP contribution < -0.4 is 0 Å². The minimum absolute atomic E-state index is 1.08. The molecule has 0 radical (unpaired) electrons. The zero-order chi connectivity index (χ0) is 14.0. The van der Waals surface area contributed by atoms with E-state index in [4.69, 9.17) is 0 Å². The maximum absolute atomic E-state index is 4.61. The van der Waals surface area contributed by atoms with E-state index in [1.165, 1.54) is 10.3 Å². The highest BCUT2D eigenvalue weighted by Crippen LogP contribution is 2.29. The fourth-order valence-electron chi connectivity index (χ4n) is 1.37. The molecule has 3 heteroatoms. The zero-order valence-electron chi connectivity index (χ0n) is 12.2. The van der Waals surface area contributed by atoms with E-state index in [-0.39, 0.29) is 0 Å². The molecule has 0 spiro atoms. The third kappa shape index (κ3) is 4.54. The predicted octanol–water partition coefficient (Wildman–Crippen LogP) is 5.73. The highest BCUT2D eigenvalue weighted by Gasteiger charge is 2.03. The normalized spacial score (nSPS) is 9.00. The molecule has 1 nitrogen and oxygen atoms in total. The van der Waals surface area contributed by atoms with Crippen molar-refractivity contribution in [2.45, 2.75) is 37.6 Å². The van der Waals surface area contributed by atoms with Crippen LogP contribution in [-0.4, -0.2) is 17.5 Å². The lowest BCUT2D eigenvalue weighted by Gasteiger charge is -2.05. The number of hydrogen-bond donors (Lipinski definition) is 0. The maximum Gasteiger partial charge on any atom is 0.110 e. The Balaban J connectivity index is 0.000000659. The molecule has 0 saturated carbocycles. The van der Waals surface area contributed by atoms with Crippen LogP contribution in [0.4, 0.5) is 0 Å². The van der Waals surface area contributed by atoms with E-state index >= 15 is 0 Å². The Hall–Kier alpha value is -0.670. The molecule has 1 aromatic heterocycles. The lowest BCUT2D eigenvalue weighted by Crippen LogP contribution is -1.85. The van der Waals surface area contributed by atoms with Crippen molar-refractivity contribution in [3.63, 3.8) is 0 Å². The molecule has 1 heterocycles. The number of aromatic nitrogens is 1. The second-order valence-electron chi connectivity index (χ2n) is 2.89. The standard InChI is InChI=1S/C11H11NS2.2C2H6/c1-13-10-7-8-5-3-4-6-9(8)12-11(10)14-2;2*1-2/h3-7H,1-2H3;2*1-2H3. The van der Waals surface area contributed by atoms with Crippen LogP contribution >= 0.6 is 23.5 Å². The number of thioether (sulfide) groups is 2. The molecular formula is C15H23NS2. The van der Waals surface area contributed by atoms with Gasteiger partial charge in [0.05, 0.1) is 5.52 Å². The van der Waals surface area contributed by atoms with Crippen molar-refractivity contribution in [3.05, 3.63) is 30.3 Å². The quantitative estimate of drug-likeness (QED) is 0.652. The van der Waals surface area contributed by atoms with Crippen molar-refractivity contribution in [3.8, 4) is 0 Å². The molecule has 0 bridgehead atoms. The average molecular weight is 281 g/mol. The summed E-state index contributed by atoms with van der Waals surface area (Å²) in [6.07, 6.45) is 4.16. The van der Waals surface area contributed by atoms with Crippen LogP contribution in [0, 0.1) is 0 Å². The third-order valence-corrected chi connectivity index (χ3v) is 3.65. The SMILES string of the molecule is CC.CC.CSc1cc2ccccc2nc1SC. The summed E-state index contributed by atoms with van der Waals surface area (Å²) in [5.74, 6) is 0. The number of pyridine rings is 1. The second kappa shape index (κ2) is 10.3. The highest BCUT2D eigenvalue weighted by molar-refractivity contribution is 8.01. The van der Waals surface area contributed by atoms with Crippen LogP contribution in [-0.2, 0) is 0 Å². The van der Waals surface area contributed by atoms with E-state index in [2.05, 4.69) is 35.7 Å². The highest BCUT2D eigenvalue weighted by atomic mass is 32.2. The summed E-state index contributed by atoms with van der Waals surface area (Å²) >= 11 is 3.45. The van der Waals surface area contributed by atoms with E-state index in [1.54, 1.807) is 23.5 Å². The zero-order valence-corrected chi connectivity index (χ0v) is 13.8. The van der Waals surface area contributed by atoms with Crippen LogP contribution in [0.3, 0.4) is 0 Å². The average Bonchev–Trinajstić information content (AvgIpc) is 2.49. The minimum atomic E-state index is 1.08. The number of hydrogen-bond acceptors (Lipinski definition) is 3. The van der Waals surface area contributed by atoms with Crippen molar-refractivity contribution >= 4 is 34.4 Å². The maximum atomic E-state index is 4.61. The Labute approximate surface area is 120 Å². The molecule has 18 heavy (non-hydrogen) atoms. The molecule has 0 N–H and O–H groups in total. The van der Waals surface area contributed by atoms with Crippen molar-refractivity contribution in [1.29, 1.82) is 0 Å². The Morgan fingerprint density at radius 2 is 1.50 bits per heavy atom. The number of nitrogens with zero attached hydrogens (tertiary/aromatic N) is 1. The van der Waals surface area contributed by atoms with Gasteiger partial charge in [-0.3, -0.25) is 0 Å². The largest absolute Gasteiger partial charge is 0.240 e. The lowest BCUT2D eigenvalue weighted by atomic mass is 10.2. The van der Waals surface area contributed by atoms with Gasteiger partial charge in [-0.05, 0) is 24.6 Å². The third-order valence-electron chi connectivity index (χ3n) is 2.07. The summed E-state index contributed by atoms with van der Waals surface area (Å²) in [6, 6.07) is 10.4. The summed E-state index contributed by atoms with van der Waals surface area (Å²) in [4.78, 5) is 5.87. The van der Waals surface area contributed by atoms with Crippen LogP contribution in [0.1, 0.15) is 27.7 Å². The smallest absolute Gasteiger partial charge is 0.110 e. The van der Waals surface area contributed by atoms with Crippen LogP contribution in [0.15, 0.2) is 40.3 Å². The monoisotopic (exact) mass is 281 g/mol. The second-order valence-corrected chi connectivity index (χ2v) is 4.54. The van der Waals surface area contributed by atoms with Gasteiger partial charge in [-0.2, -0.15) is 0 Å². The van der Waals surface area contributed by atoms with Gasteiger partial charge in [0.2, 0.25) is 0 Å². The van der Waals surface area contributed by atoms with E-state index in [0.717, 1.165) is 10.5 Å². The van der Waals surface area contributed by atoms with Gasteiger partial charge in [0.1, 0.15) is 5.03 Å². The minimum Gasteiger partial charge on any atom is -0.240 e. The fourth-order valence-corrected chi connectivity index (χ4v) is 2.79. The van der Waals surface area contributed by atoms with E-state index in [1.807, 2.05) is 39.8 Å². The Bertz CT molecular complexity index is 413. The van der Waals surface area contributed by atoms with Crippen molar-refractivity contribution in [2.24, 2.45) is 0 Å². The summed E-state index contributed by atoms with van der Waals surface area (Å²) < 4.78 is 0. The van der Waals surface area contributed by atoms with Gasteiger partial charge in [-0.1, -0.05) is 45.9 Å². The molecule has 0 amide bonds. The van der Waals surface area contributed by atoms with Crippen molar-refractivity contribution in [1.82, 2.24) is 4.98 Å². The number of rotatable bonds is 2. The molecule has 2 aromatic rings. The van der Waals surface area contributed by atoms with Gasteiger partial charge in [0.25, 0.3) is 0 Å². The molecule has 0 aliphatic carbocycles. The van der Waals surface area contributed by atoms with Gasteiger partial charge in [0.15, 0.2) is 0 Å². The van der Waals surface area contributed by atoms with Crippen LogP contribution in [0.2, 0.25) is 0 Å². The van der Waals surface area contributed by atoms with Gasteiger partial charge in [0, 0.05) is 10.3 Å². The Morgan fingerprint density at radius 1 is 0.889 bits per heavy atom. The molecule has 100 valence electrons. The predicted molar refractivity (Wildman–Crippen MR) is 88.0 cm³/mol. The molecule has 0 unspecified atom stereocenters. The van der Waals surface area contributed by atoms with Crippen LogP contribution in [0.25, 0.3) is 10.9 Å².